The molecule has 0 heterocycles. The predicted octanol–water partition coefficient (Wildman–Crippen LogP) is 1.56. The lowest BCUT2D eigenvalue weighted by molar-refractivity contribution is -0.143. The third-order valence-corrected chi connectivity index (χ3v) is 3.97. The SMILES string of the molecule is CCN(CCOC)C(=O)NCC1CCC(C(=O)O)CC1. The minimum Gasteiger partial charge on any atom is -0.481 e. The monoisotopic (exact) mass is 286 g/mol. The number of ether oxygens (including phenoxy) is 1. The van der Waals surface area contributed by atoms with Gasteiger partial charge in [0.1, 0.15) is 0 Å². The van der Waals surface area contributed by atoms with Crippen LogP contribution in [0.1, 0.15) is 32.6 Å². The van der Waals surface area contributed by atoms with E-state index in [1.165, 1.54) is 0 Å². The molecule has 0 aromatic carbocycles. The highest BCUT2D eigenvalue weighted by Gasteiger charge is 2.26. The van der Waals surface area contributed by atoms with Crippen molar-refractivity contribution in [2.24, 2.45) is 11.8 Å². The quantitative estimate of drug-likeness (QED) is 0.744. The first-order valence-electron chi connectivity index (χ1n) is 7.33. The maximum absolute atomic E-state index is 12.0. The van der Waals surface area contributed by atoms with Crippen LogP contribution in [0.4, 0.5) is 4.79 Å². The summed E-state index contributed by atoms with van der Waals surface area (Å²) in [6.07, 6.45) is 3.19. The Labute approximate surface area is 120 Å². The third-order valence-electron chi connectivity index (χ3n) is 3.97. The van der Waals surface area contributed by atoms with Gasteiger partial charge < -0.3 is 20.1 Å². The van der Waals surface area contributed by atoms with Crippen LogP contribution in [0.15, 0.2) is 0 Å². The molecule has 1 aliphatic rings. The number of nitrogens with zero attached hydrogens (tertiary/aromatic N) is 1. The van der Waals surface area contributed by atoms with E-state index in [0.717, 1.165) is 25.7 Å². The van der Waals surface area contributed by atoms with Gasteiger partial charge >= 0.3 is 12.0 Å². The molecule has 116 valence electrons. The Hall–Kier alpha value is -1.30. The van der Waals surface area contributed by atoms with Gasteiger partial charge in [0.05, 0.1) is 12.5 Å². The number of nitrogens with one attached hydrogen (secondary N) is 1. The number of carbonyl (C=O) groups is 2. The zero-order chi connectivity index (χ0) is 15.0. The smallest absolute Gasteiger partial charge is 0.317 e. The van der Waals surface area contributed by atoms with Gasteiger partial charge in [0.2, 0.25) is 0 Å². The Morgan fingerprint density at radius 3 is 2.45 bits per heavy atom. The number of hydrogen-bond acceptors (Lipinski definition) is 3. The lowest BCUT2D eigenvalue weighted by Crippen LogP contribution is -2.43. The maximum Gasteiger partial charge on any atom is 0.317 e. The number of urea groups is 1. The zero-order valence-electron chi connectivity index (χ0n) is 12.4. The van der Waals surface area contributed by atoms with Crippen molar-refractivity contribution in [2.75, 3.05) is 33.4 Å². The van der Waals surface area contributed by atoms with E-state index in [2.05, 4.69) is 5.32 Å². The number of amides is 2. The second-order valence-electron chi connectivity index (χ2n) is 5.31. The van der Waals surface area contributed by atoms with Gasteiger partial charge in [-0.15, -0.1) is 0 Å². The van der Waals surface area contributed by atoms with E-state index in [4.69, 9.17) is 9.84 Å². The molecule has 1 saturated carbocycles. The number of likely N-dealkylation sites (N-methyl/N-ethyl adjacent to an activating group) is 1. The topological polar surface area (TPSA) is 78.9 Å². The number of aliphatic carboxylic acids is 1. The first-order valence-corrected chi connectivity index (χ1v) is 7.33. The summed E-state index contributed by atoms with van der Waals surface area (Å²) in [7, 11) is 1.62. The van der Waals surface area contributed by atoms with Crippen molar-refractivity contribution in [3.63, 3.8) is 0 Å². The van der Waals surface area contributed by atoms with Crippen molar-refractivity contribution in [1.82, 2.24) is 10.2 Å². The molecule has 6 heteroatoms. The minimum atomic E-state index is -0.691. The Balaban J connectivity index is 2.26. The van der Waals surface area contributed by atoms with Gasteiger partial charge in [0, 0.05) is 26.7 Å². The first kappa shape index (κ1) is 16.8. The second-order valence-corrected chi connectivity index (χ2v) is 5.31. The summed E-state index contributed by atoms with van der Waals surface area (Å²) in [4.78, 5) is 24.5. The van der Waals surface area contributed by atoms with Crippen LogP contribution in [0.5, 0.6) is 0 Å². The zero-order valence-corrected chi connectivity index (χ0v) is 12.4. The van der Waals surface area contributed by atoms with Crippen molar-refractivity contribution in [3.8, 4) is 0 Å². The second kappa shape index (κ2) is 8.79. The fourth-order valence-corrected chi connectivity index (χ4v) is 2.56. The van der Waals surface area contributed by atoms with Crippen LogP contribution in [0.25, 0.3) is 0 Å². The van der Waals surface area contributed by atoms with Crippen molar-refractivity contribution >= 4 is 12.0 Å². The molecule has 0 spiro atoms. The van der Waals surface area contributed by atoms with Gasteiger partial charge in [-0.3, -0.25) is 4.79 Å². The van der Waals surface area contributed by atoms with E-state index in [1.54, 1.807) is 12.0 Å². The Kier molecular flexibility index (Phi) is 7.36. The van der Waals surface area contributed by atoms with Gasteiger partial charge in [0.15, 0.2) is 0 Å². The van der Waals surface area contributed by atoms with Crippen molar-refractivity contribution in [2.45, 2.75) is 32.6 Å². The van der Waals surface area contributed by atoms with Gasteiger partial charge in [-0.25, -0.2) is 4.79 Å². The molecule has 2 N–H and O–H groups in total. The lowest BCUT2D eigenvalue weighted by Gasteiger charge is -2.27. The highest BCUT2D eigenvalue weighted by molar-refractivity contribution is 5.74. The van der Waals surface area contributed by atoms with Gasteiger partial charge in [0.25, 0.3) is 0 Å². The van der Waals surface area contributed by atoms with Crippen LogP contribution in [0.3, 0.4) is 0 Å². The molecule has 0 aliphatic heterocycles. The van der Waals surface area contributed by atoms with E-state index in [0.29, 0.717) is 32.2 Å². The fourth-order valence-electron chi connectivity index (χ4n) is 2.56. The van der Waals surface area contributed by atoms with Crippen LogP contribution >= 0.6 is 0 Å². The summed E-state index contributed by atoms with van der Waals surface area (Å²) in [5, 5.41) is 11.9. The summed E-state index contributed by atoms with van der Waals surface area (Å²) >= 11 is 0. The van der Waals surface area contributed by atoms with E-state index in [9.17, 15) is 9.59 Å². The van der Waals surface area contributed by atoms with E-state index in [-0.39, 0.29) is 11.9 Å². The molecule has 0 unspecified atom stereocenters. The average Bonchev–Trinajstić information content (AvgIpc) is 2.46. The standard InChI is InChI=1S/C14H26N2O4/c1-3-16(8-9-20-2)14(19)15-10-11-4-6-12(7-5-11)13(17)18/h11-12H,3-10H2,1-2H3,(H,15,19)(H,17,18). The van der Waals surface area contributed by atoms with Crippen LogP contribution in [0, 0.1) is 11.8 Å². The number of rotatable bonds is 7. The summed E-state index contributed by atoms with van der Waals surface area (Å²) in [5.74, 6) is -0.490. The molecule has 0 aromatic heterocycles. The summed E-state index contributed by atoms with van der Waals surface area (Å²) in [6, 6.07) is -0.0649. The average molecular weight is 286 g/mol. The molecular weight excluding hydrogens is 260 g/mol. The number of methoxy groups -OCH3 is 1. The molecule has 1 fully saturated rings. The number of carbonyl (C=O) groups excluding carboxylic acids is 1. The maximum atomic E-state index is 12.0. The molecule has 6 nitrogen and oxygen atoms in total. The van der Waals surface area contributed by atoms with Crippen LogP contribution in [-0.4, -0.2) is 55.4 Å². The van der Waals surface area contributed by atoms with E-state index in [1.807, 2.05) is 6.92 Å². The molecule has 20 heavy (non-hydrogen) atoms. The van der Waals surface area contributed by atoms with Gasteiger partial charge in [-0.05, 0) is 38.5 Å². The van der Waals surface area contributed by atoms with E-state index >= 15 is 0 Å². The number of carboxylic acid groups (broad SMARTS) is 1. The summed E-state index contributed by atoms with van der Waals surface area (Å²) < 4.78 is 4.98. The number of carboxylic acids is 1. The molecule has 1 rings (SSSR count). The summed E-state index contributed by atoms with van der Waals surface area (Å²) in [5.41, 5.74) is 0. The molecule has 0 aromatic rings. The van der Waals surface area contributed by atoms with Crippen LogP contribution in [-0.2, 0) is 9.53 Å². The largest absolute Gasteiger partial charge is 0.481 e. The Morgan fingerprint density at radius 1 is 1.30 bits per heavy atom. The fraction of sp³-hybridized carbons (Fsp3) is 0.857. The van der Waals surface area contributed by atoms with Gasteiger partial charge in [-0.2, -0.15) is 0 Å². The molecule has 0 radical (unpaired) electrons. The Bertz CT molecular complexity index is 314. The molecule has 0 atom stereocenters. The number of hydrogen-bond donors (Lipinski definition) is 2. The normalized spacial score (nSPS) is 22.3. The summed E-state index contributed by atoms with van der Waals surface area (Å²) in [6.45, 7) is 4.35. The van der Waals surface area contributed by atoms with E-state index < -0.39 is 5.97 Å². The predicted molar refractivity (Wildman–Crippen MR) is 75.6 cm³/mol. The van der Waals surface area contributed by atoms with Crippen molar-refractivity contribution in [3.05, 3.63) is 0 Å². The van der Waals surface area contributed by atoms with Crippen LogP contribution < -0.4 is 5.32 Å². The van der Waals surface area contributed by atoms with Crippen molar-refractivity contribution in [1.29, 1.82) is 0 Å². The lowest BCUT2D eigenvalue weighted by atomic mass is 9.82. The molecule has 1 aliphatic carbocycles. The van der Waals surface area contributed by atoms with Gasteiger partial charge in [-0.1, -0.05) is 0 Å². The van der Waals surface area contributed by atoms with Crippen molar-refractivity contribution < 1.29 is 19.4 Å². The molecular formula is C14H26N2O4. The molecule has 0 bridgehead atoms. The minimum absolute atomic E-state index is 0.0649. The highest BCUT2D eigenvalue weighted by Crippen LogP contribution is 2.28. The molecule has 2 amide bonds. The Morgan fingerprint density at radius 2 is 1.95 bits per heavy atom. The highest BCUT2D eigenvalue weighted by atomic mass is 16.5. The molecule has 0 saturated heterocycles. The first-order chi connectivity index (χ1) is 9.58. The third kappa shape index (κ3) is 5.36. The van der Waals surface area contributed by atoms with Crippen LogP contribution in [0.2, 0.25) is 0 Å².